The van der Waals surface area contributed by atoms with Crippen LogP contribution in [-0.4, -0.2) is 58.9 Å². The lowest BCUT2D eigenvalue weighted by atomic mass is 9.92. The average Bonchev–Trinajstić information content (AvgIpc) is 3.19. The van der Waals surface area contributed by atoms with Crippen molar-refractivity contribution in [2.45, 2.75) is 51.2 Å². The number of thiophene rings is 1. The highest BCUT2D eigenvalue weighted by Crippen LogP contribution is 2.34. The van der Waals surface area contributed by atoms with Gasteiger partial charge in [-0.15, -0.1) is 11.3 Å². The van der Waals surface area contributed by atoms with E-state index in [1.54, 1.807) is 22.2 Å². The molecule has 1 atom stereocenters. The van der Waals surface area contributed by atoms with Crippen LogP contribution in [0.3, 0.4) is 0 Å². The zero-order valence-corrected chi connectivity index (χ0v) is 20.8. The third-order valence-corrected chi connectivity index (χ3v) is 8.37. The Bertz CT molecular complexity index is 1200. The molecule has 1 unspecified atom stereocenters. The van der Waals surface area contributed by atoms with Crippen molar-refractivity contribution in [2.24, 2.45) is 0 Å². The lowest BCUT2D eigenvalue weighted by molar-refractivity contribution is -0.0104. The molecule has 33 heavy (non-hydrogen) atoms. The predicted molar refractivity (Wildman–Crippen MR) is 135 cm³/mol. The molecular formula is C25H31ClN4O2S. The molecule has 0 amide bonds. The minimum Gasteiger partial charge on any atom is -0.379 e. The van der Waals surface area contributed by atoms with E-state index < -0.39 is 0 Å². The van der Waals surface area contributed by atoms with E-state index in [4.69, 9.17) is 16.3 Å². The quantitative estimate of drug-likeness (QED) is 0.575. The van der Waals surface area contributed by atoms with Gasteiger partial charge in [0.2, 0.25) is 0 Å². The Labute approximate surface area is 203 Å². The number of rotatable bonds is 6. The summed E-state index contributed by atoms with van der Waals surface area (Å²) < 4.78 is 7.22. The lowest BCUT2D eigenvalue weighted by Crippen LogP contribution is -2.56. The molecule has 0 spiro atoms. The number of nitrogens with zero attached hydrogens (tertiary/aromatic N) is 3. The molecule has 2 aromatic heterocycles. The fraction of sp³-hybridized carbons (Fsp3) is 0.520. The Morgan fingerprint density at radius 2 is 2.12 bits per heavy atom. The summed E-state index contributed by atoms with van der Waals surface area (Å²) in [5.41, 5.74) is 2.36. The van der Waals surface area contributed by atoms with Crippen LogP contribution in [0.25, 0.3) is 10.2 Å². The Morgan fingerprint density at radius 1 is 1.30 bits per heavy atom. The summed E-state index contributed by atoms with van der Waals surface area (Å²) >= 11 is 7.80. The van der Waals surface area contributed by atoms with Crippen LogP contribution in [0.4, 0.5) is 0 Å². The number of aromatic nitrogens is 2. The number of benzene rings is 1. The maximum absolute atomic E-state index is 13.3. The highest BCUT2D eigenvalue weighted by Gasteiger charge is 2.30. The summed E-state index contributed by atoms with van der Waals surface area (Å²) in [7, 11) is 0. The summed E-state index contributed by atoms with van der Waals surface area (Å²) in [6, 6.07) is 8.07. The molecular weight excluding hydrogens is 456 g/mol. The van der Waals surface area contributed by atoms with Gasteiger partial charge in [-0.05, 0) is 56.4 Å². The number of ether oxygens (including phenoxy) is 1. The first-order chi connectivity index (χ1) is 15.9. The zero-order valence-electron chi connectivity index (χ0n) is 19.3. The number of hydrogen-bond donors (Lipinski definition) is 1. The van der Waals surface area contributed by atoms with Gasteiger partial charge in [0.1, 0.15) is 4.83 Å². The van der Waals surface area contributed by atoms with Crippen LogP contribution in [0.5, 0.6) is 0 Å². The number of halogens is 1. The summed E-state index contributed by atoms with van der Waals surface area (Å²) in [6.07, 6.45) is 4.60. The number of fused-ring (bicyclic) bond motifs is 3. The molecule has 1 aromatic carbocycles. The summed E-state index contributed by atoms with van der Waals surface area (Å²) in [5, 5.41) is 5.31. The Balaban J connectivity index is 1.31. The van der Waals surface area contributed by atoms with Crippen molar-refractivity contribution >= 4 is 33.2 Å². The standard InChI is InChI=1S/C25H31ClN4O2S/c1-25(2,30-8-10-32-11-9-30)15-27-19-6-7-20-21(13-19)33-23-22(20)24(31)29(16-28-23)14-17-4-3-5-18(26)12-17/h3-5,12,16,19,27H,6-11,13-15H2,1-2H3. The van der Waals surface area contributed by atoms with E-state index in [2.05, 4.69) is 29.0 Å². The van der Waals surface area contributed by atoms with Gasteiger partial charge in [-0.2, -0.15) is 0 Å². The maximum Gasteiger partial charge on any atom is 0.262 e. The van der Waals surface area contributed by atoms with Crippen LogP contribution >= 0.6 is 22.9 Å². The molecule has 1 aliphatic carbocycles. The molecule has 176 valence electrons. The van der Waals surface area contributed by atoms with Crippen LogP contribution in [0.15, 0.2) is 35.4 Å². The molecule has 0 saturated carbocycles. The fourth-order valence-corrected chi connectivity index (χ4v) is 6.47. The number of nitrogens with one attached hydrogen (secondary N) is 1. The molecule has 3 heterocycles. The first kappa shape index (κ1) is 23.0. The second-order valence-electron chi connectivity index (χ2n) is 9.72. The predicted octanol–water partition coefficient (Wildman–Crippen LogP) is 3.72. The van der Waals surface area contributed by atoms with Gasteiger partial charge in [-0.1, -0.05) is 23.7 Å². The summed E-state index contributed by atoms with van der Waals surface area (Å²) in [5.74, 6) is 0. The van der Waals surface area contributed by atoms with Gasteiger partial charge in [0.15, 0.2) is 0 Å². The Hall–Kier alpha value is -1.77. The van der Waals surface area contributed by atoms with Crippen LogP contribution in [-0.2, 0) is 24.1 Å². The first-order valence-corrected chi connectivity index (χ1v) is 12.9. The van der Waals surface area contributed by atoms with E-state index in [0.29, 0.717) is 17.6 Å². The summed E-state index contributed by atoms with van der Waals surface area (Å²) in [4.78, 5) is 22.7. The third kappa shape index (κ3) is 4.88. The van der Waals surface area contributed by atoms with E-state index in [0.717, 1.165) is 67.9 Å². The van der Waals surface area contributed by atoms with Crippen molar-refractivity contribution in [3.05, 3.63) is 62.0 Å². The Morgan fingerprint density at radius 3 is 2.91 bits per heavy atom. The lowest BCUT2D eigenvalue weighted by Gasteiger charge is -2.42. The van der Waals surface area contributed by atoms with Crippen molar-refractivity contribution in [1.82, 2.24) is 19.8 Å². The van der Waals surface area contributed by atoms with Gasteiger partial charge in [0, 0.05) is 41.1 Å². The van der Waals surface area contributed by atoms with Gasteiger partial charge in [-0.3, -0.25) is 14.3 Å². The third-order valence-electron chi connectivity index (χ3n) is 6.97. The highest BCUT2D eigenvalue weighted by atomic mass is 35.5. The van der Waals surface area contributed by atoms with Crippen molar-refractivity contribution in [3.63, 3.8) is 0 Å². The highest BCUT2D eigenvalue weighted by molar-refractivity contribution is 7.18. The van der Waals surface area contributed by atoms with Crippen molar-refractivity contribution in [3.8, 4) is 0 Å². The van der Waals surface area contributed by atoms with Crippen LogP contribution in [0.2, 0.25) is 5.02 Å². The van der Waals surface area contributed by atoms with E-state index >= 15 is 0 Å². The molecule has 2 aliphatic rings. The monoisotopic (exact) mass is 486 g/mol. The minimum atomic E-state index is 0.0531. The van der Waals surface area contributed by atoms with E-state index in [1.165, 1.54) is 10.4 Å². The normalized spacial score (nSPS) is 19.7. The molecule has 0 radical (unpaired) electrons. The topological polar surface area (TPSA) is 59.4 Å². The second kappa shape index (κ2) is 9.47. The molecule has 0 bridgehead atoms. The molecule has 5 rings (SSSR count). The van der Waals surface area contributed by atoms with Crippen molar-refractivity contribution in [1.29, 1.82) is 0 Å². The molecule has 1 aliphatic heterocycles. The van der Waals surface area contributed by atoms with Gasteiger partial charge >= 0.3 is 0 Å². The van der Waals surface area contributed by atoms with Crippen molar-refractivity contribution in [2.75, 3.05) is 32.8 Å². The van der Waals surface area contributed by atoms with Gasteiger partial charge < -0.3 is 10.1 Å². The Kier molecular flexibility index (Phi) is 6.60. The van der Waals surface area contributed by atoms with Gasteiger partial charge in [-0.25, -0.2) is 4.98 Å². The number of aryl methyl sites for hydroxylation is 1. The second-order valence-corrected chi connectivity index (χ2v) is 11.2. The van der Waals surface area contributed by atoms with Crippen LogP contribution in [0, 0.1) is 0 Å². The molecule has 3 aromatic rings. The largest absolute Gasteiger partial charge is 0.379 e. The van der Waals surface area contributed by atoms with E-state index in [9.17, 15) is 4.79 Å². The molecule has 1 saturated heterocycles. The molecule has 8 heteroatoms. The van der Waals surface area contributed by atoms with Gasteiger partial charge in [0.05, 0.1) is 31.5 Å². The number of hydrogen-bond acceptors (Lipinski definition) is 6. The zero-order chi connectivity index (χ0) is 23.0. The fourth-order valence-electron chi connectivity index (χ4n) is 4.99. The molecule has 6 nitrogen and oxygen atoms in total. The molecule has 1 N–H and O–H groups in total. The first-order valence-electron chi connectivity index (χ1n) is 11.7. The van der Waals surface area contributed by atoms with Crippen LogP contribution in [0.1, 0.15) is 36.3 Å². The average molecular weight is 487 g/mol. The SMILES string of the molecule is CC(C)(CNC1CCc2c(sc3ncn(Cc4cccc(Cl)c4)c(=O)c23)C1)N1CCOCC1. The van der Waals surface area contributed by atoms with Gasteiger partial charge in [0.25, 0.3) is 5.56 Å². The van der Waals surface area contributed by atoms with E-state index in [1.807, 2.05) is 24.3 Å². The van der Waals surface area contributed by atoms with Crippen LogP contribution < -0.4 is 10.9 Å². The van der Waals surface area contributed by atoms with Crippen molar-refractivity contribution < 1.29 is 4.74 Å². The van der Waals surface area contributed by atoms with E-state index in [-0.39, 0.29) is 11.1 Å². The maximum atomic E-state index is 13.3. The molecule has 1 fully saturated rings. The summed E-state index contributed by atoms with van der Waals surface area (Å²) in [6.45, 7) is 9.67. The smallest absolute Gasteiger partial charge is 0.262 e. The number of morpholine rings is 1. The minimum absolute atomic E-state index is 0.0531.